The summed E-state index contributed by atoms with van der Waals surface area (Å²) in [6.07, 6.45) is 3.75. The van der Waals surface area contributed by atoms with Gasteiger partial charge in [-0.25, -0.2) is 9.97 Å². The van der Waals surface area contributed by atoms with Gasteiger partial charge in [0.25, 0.3) is 0 Å². The molecule has 20 heavy (non-hydrogen) atoms. The Bertz CT molecular complexity index is 764. The first-order valence-electron chi connectivity index (χ1n) is 6.73. The second-order valence-electron chi connectivity index (χ2n) is 4.87. The van der Waals surface area contributed by atoms with Crippen molar-refractivity contribution in [3.8, 4) is 10.6 Å². The Morgan fingerprint density at radius 3 is 2.65 bits per heavy atom. The molecule has 0 aliphatic rings. The number of aryl methyl sites for hydroxylation is 3. The van der Waals surface area contributed by atoms with Gasteiger partial charge in [0.2, 0.25) is 0 Å². The number of hydrogen-bond acceptors (Lipinski definition) is 5. The maximum Gasteiger partial charge on any atom is 0.147 e. The van der Waals surface area contributed by atoms with Crippen molar-refractivity contribution in [2.75, 3.05) is 0 Å². The van der Waals surface area contributed by atoms with Crippen molar-refractivity contribution in [1.29, 1.82) is 0 Å². The number of nitrogens with zero attached hydrogens (tertiary/aromatic N) is 4. The predicted octanol–water partition coefficient (Wildman–Crippen LogP) is 3.72. The minimum Gasteiger partial charge on any atom is -0.241 e. The zero-order valence-corrected chi connectivity index (χ0v) is 12.7. The van der Waals surface area contributed by atoms with Gasteiger partial charge in [-0.3, -0.25) is 0 Å². The molecule has 0 atom stereocenters. The van der Waals surface area contributed by atoms with E-state index in [2.05, 4.69) is 39.2 Å². The van der Waals surface area contributed by atoms with Crippen molar-refractivity contribution in [2.45, 2.75) is 33.6 Å². The molecule has 0 saturated heterocycles. The van der Waals surface area contributed by atoms with Crippen LogP contribution in [0.25, 0.3) is 21.5 Å². The topological polar surface area (TPSA) is 51.6 Å². The SMILES string of the molecule is CCCc1cc(-c2nnc(C)s2)cc2c(C)ncnc12. The van der Waals surface area contributed by atoms with Gasteiger partial charge < -0.3 is 0 Å². The van der Waals surface area contributed by atoms with Crippen molar-refractivity contribution in [3.63, 3.8) is 0 Å². The standard InChI is InChI=1S/C15H16N4S/c1-4-5-11-6-12(15-19-18-10(3)20-15)7-13-9(2)16-8-17-14(11)13/h6-8H,4-5H2,1-3H3. The second kappa shape index (κ2) is 5.25. The monoisotopic (exact) mass is 284 g/mol. The molecule has 0 amide bonds. The zero-order chi connectivity index (χ0) is 14.1. The molecule has 0 fully saturated rings. The van der Waals surface area contributed by atoms with E-state index in [1.807, 2.05) is 13.8 Å². The fourth-order valence-corrected chi connectivity index (χ4v) is 3.04. The molecule has 3 aromatic rings. The number of rotatable bonds is 3. The molecule has 102 valence electrons. The Kier molecular flexibility index (Phi) is 3.44. The van der Waals surface area contributed by atoms with E-state index in [1.165, 1.54) is 5.56 Å². The van der Waals surface area contributed by atoms with E-state index in [0.717, 1.165) is 45.0 Å². The van der Waals surface area contributed by atoms with Crippen LogP contribution in [0.3, 0.4) is 0 Å². The quantitative estimate of drug-likeness (QED) is 0.735. The van der Waals surface area contributed by atoms with E-state index in [9.17, 15) is 0 Å². The first-order valence-corrected chi connectivity index (χ1v) is 7.55. The highest BCUT2D eigenvalue weighted by Crippen LogP contribution is 2.30. The lowest BCUT2D eigenvalue weighted by Crippen LogP contribution is -1.94. The van der Waals surface area contributed by atoms with E-state index in [1.54, 1.807) is 17.7 Å². The molecule has 3 rings (SSSR count). The summed E-state index contributed by atoms with van der Waals surface area (Å²) in [5.41, 5.74) is 4.45. The van der Waals surface area contributed by atoms with E-state index in [0.29, 0.717) is 0 Å². The summed E-state index contributed by atoms with van der Waals surface area (Å²) >= 11 is 1.62. The molecule has 0 saturated carbocycles. The van der Waals surface area contributed by atoms with Crippen molar-refractivity contribution in [3.05, 3.63) is 34.7 Å². The molecular weight excluding hydrogens is 268 g/mol. The lowest BCUT2D eigenvalue weighted by atomic mass is 10.0. The Morgan fingerprint density at radius 1 is 1.10 bits per heavy atom. The van der Waals surface area contributed by atoms with Gasteiger partial charge in [0.15, 0.2) is 0 Å². The second-order valence-corrected chi connectivity index (χ2v) is 6.05. The third-order valence-corrected chi connectivity index (χ3v) is 4.20. The maximum absolute atomic E-state index is 4.46. The van der Waals surface area contributed by atoms with Gasteiger partial charge in [-0.15, -0.1) is 10.2 Å². The molecule has 2 aromatic heterocycles. The number of benzene rings is 1. The third-order valence-electron chi connectivity index (χ3n) is 3.31. The largest absolute Gasteiger partial charge is 0.241 e. The van der Waals surface area contributed by atoms with Crippen LogP contribution in [0.2, 0.25) is 0 Å². The van der Waals surface area contributed by atoms with Gasteiger partial charge in [0.05, 0.1) is 5.52 Å². The fraction of sp³-hybridized carbons (Fsp3) is 0.333. The lowest BCUT2D eigenvalue weighted by molar-refractivity contribution is 0.925. The average Bonchev–Trinajstić information content (AvgIpc) is 2.87. The van der Waals surface area contributed by atoms with E-state index in [4.69, 9.17) is 0 Å². The van der Waals surface area contributed by atoms with Crippen LogP contribution in [-0.2, 0) is 6.42 Å². The Labute approximate surface area is 121 Å². The molecule has 5 heteroatoms. The van der Waals surface area contributed by atoms with Crippen molar-refractivity contribution in [2.24, 2.45) is 0 Å². The third kappa shape index (κ3) is 2.29. The lowest BCUT2D eigenvalue weighted by Gasteiger charge is -2.08. The summed E-state index contributed by atoms with van der Waals surface area (Å²) in [5, 5.41) is 11.4. The first kappa shape index (κ1) is 13.1. The first-order chi connectivity index (χ1) is 9.69. The van der Waals surface area contributed by atoms with Gasteiger partial charge in [-0.1, -0.05) is 24.7 Å². The van der Waals surface area contributed by atoms with E-state index in [-0.39, 0.29) is 0 Å². The predicted molar refractivity (Wildman–Crippen MR) is 81.9 cm³/mol. The summed E-state index contributed by atoms with van der Waals surface area (Å²) in [6, 6.07) is 4.32. The molecule has 0 unspecified atom stereocenters. The van der Waals surface area contributed by atoms with Gasteiger partial charge in [0.1, 0.15) is 16.3 Å². The highest BCUT2D eigenvalue weighted by molar-refractivity contribution is 7.14. The summed E-state index contributed by atoms with van der Waals surface area (Å²) in [4.78, 5) is 8.76. The molecule has 2 heterocycles. The van der Waals surface area contributed by atoms with Crippen molar-refractivity contribution < 1.29 is 0 Å². The normalized spacial score (nSPS) is 11.2. The Morgan fingerprint density at radius 2 is 1.95 bits per heavy atom. The van der Waals surface area contributed by atoms with Gasteiger partial charge in [-0.2, -0.15) is 0 Å². The zero-order valence-electron chi connectivity index (χ0n) is 11.8. The van der Waals surface area contributed by atoms with E-state index >= 15 is 0 Å². The summed E-state index contributed by atoms with van der Waals surface area (Å²) in [5.74, 6) is 0. The Hall–Kier alpha value is -1.88. The molecule has 0 radical (unpaired) electrons. The summed E-state index contributed by atoms with van der Waals surface area (Å²) < 4.78 is 0. The van der Waals surface area contributed by atoms with Crippen LogP contribution in [0.5, 0.6) is 0 Å². The average molecular weight is 284 g/mol. The molecule has 4 nitrogen and oxygen atoms in total. The van der Waals surface area contributed by atoms with Crippen LogP contribution in [0.4, 0.5) is 0 Å². The van der Waals surface area contributed by atoms with Crippen LogP contribution in [-0.4, -0.2) is 20.2 Å². The molecule has 0 N–H and O–H groups in total. The minimum absolute atomic E-state index is 0.963. The van der Waals surface area contributed by atoms with Crippen LogP contribution in [0.15, 0.2) is 18.5 Å². The van der Waals surface area contributed by atoms with Gasteiger partial charge in [-0.05, 0) is 38.0 Å². The van der Waals surface area contributed by atoms with Gasteiger partial charge in [0, 0.05) is 16.6 Å². The number of fused-ring (bicyclic) bond motifs is 1. The van der Waals surface area contributed by atoms with Crippen LogP contribution < -0.4 is 0 Å². The fourth-order valence-electron chi connectivity index (χ4n) is 2.36. The number of aromatic nitrogens is 4. The molecule has 0 aliphatic carbocycles. The minimum atomic E-state index is 0.963. The molecule has 0 spiro atoms. The molecule has 1 aromatic carbocycles. The smallest absolute Gasteiger partial charge is 0.147 e. The summed E-state index contributed by atoms with van der Waals surface area (Å²) in [6.45, 7) is 6.18. The maximum atomic E-state index is 4.46. The van der Waals surface area contributed by atoms with Gasteiger partial charge >= 0.3 is 0 Å². The van der Waals surface area contributed by atoms with Crippen LogP contribution >= 0.6 is 11.3 Å². The highest BCUT2D eigenvalue weighted by atomic mass is 32.1. The van der Waals surface area contributed by atoms with Crippen molar-refractivity contribution >= 4 is 22.2 Å². The molecule has 0 bridgehead atoms. The van der Waals surface area contributed by atoms with Crippen LogP contribution in [0, 0.1) is 13.8 Å². The summed E-state index contributed by atoms with van der Waals surface area (Å²) in [7, 11) is 0. The van der Waals surface area contributed by atoms with E-state index < -0.39 is 0 Å². The van der Waals surface area contributed by atoms with Crippen molar-refractivity contribution in [1.82, 2.24) is 20.2 Å². The van der Waals surface area contributed by atoms with Crippen LogP contribution in [0.1, 0.15) is 29.6 Å². The molecule has 0 aliphatic heterocycles. The Balaban J connectivity index is 2.26. The number of hydrogen-bond donors (Lipinski definition) is 0. The highest BCUT2D eigenvalue weighted by Gasteiger charge is 2.11. The molecular formula is C15H16N4S.